The van der Waals surface area contributed by atoms with Crippen molar-refractivity contribution in [3.63, 3.8) is 0 Å². The van der Waals surface area contributed by atoms with Gasteiger partial charge in [-0.2, -0.15) is 18.4 Å². The number of alkyl halides is 3. The fourth-order valence-electron chi connectivity index (χ4n) is 2.17. The summed E-state index contributed by atoms with van der Waals surface area (Å²) >= 11 is 11.6. The van der Waals surface area contributed by atoms with Gasteiger partial charge in [0.1, 0.15) is 0 Å². The molecule has 0 radical (unpaired) electrons. The molecule has 0 amide bonds. The summed E-state index contributed by atoms with van der Waals surface area (Å²) in [5.74, 6) is -1.31. The second-order valence-electron chi connectivity index (χ2n) is 4.76. The summed E-state index contributed by atoms with van der Waals surface area (Å²) in [7, 11) is 0. The first kappa shape index (κ1) is 18.0. The van der Waals surface area contributed by atoms with E-state index in [1.54, 1.807) is 6.07 Å². The Morgan fingerprint density at radius 3 is 2.29 bits per heavy atom. The summed E-state index contributed by atoms with van der Waals surface area (Å²) in [5, 5.41) is 20.3. The number of benzene rings is 2. The van der Waals surface area contributed by atoms with Crippen LogP contribution in [0.3, 0.4) is 0 Å². The van der Waals surface area contributed by atoms with Crippen molar-refractivity contribution in [1.29, 1.82) is 5.26 Å². The third-order valence-electron chi connectivity index (χ3n) is 3.27. The van der Waals surface area contributed by atoms with Gasteiger partial charge in [-0.15, -0.1) is 0 Å². The first-order chi connectivity index (χ1) is 11.1. The van der Waals surface area contributed by atoms with Gasteiger partial charge in [0.05, 0.1) is 32.5 Å². The summed E-state index contributed by atoms with van der Waals surface area (Å²) < 4.78 is 39.8. The van der Waals surface area contributed by atoms with E-state index in [-0.39, 0.29) is 15.6 Å². The van der Waals surface area contributed by atoms with E-state index >= 15 is 0 Å². The fraction of sp³-hybridized carbons (Fsp3) is 0.133. The second kappa shape index (κ2) is 6.67. The van der Waals surface area contributed by atoms with E-state index in [1.807, 2.05) is 0 Å². The number of nitrogens with zero attached hydrogens (tertiary/aromatic N) is 2. The van der Waals surface area contributed by atoms with Crippen LogP contribution in [0.2, 0.25) is 10.0 Å². The number of hydrogen-bond donors (Lipinski definition) is 0. The average molecular weight is 375 g/mol. The van der Waals surface area contributed by atoms with Gasteiger partial charge in [0.2, 0.25) is 0 Å². The molecule has 0 aromatic heterocycles. The second-order valence-corrected chi connectivity index (χ2v) is 5.58. The molecule has 0 bridgehead atoms. The Labute approximate surface area is 144 Å². The molecular formula is C15H7Cl2F3N2O2. The summed E-state index contributed by atoms with van der Waals surface area (Å²) in [6.07, 6.45) is -4.85. The van der Waals surface area contributed by atoms with Crippen molar-refractivity contribution in [3.05, 3.63) is 73.2 Å². The van der Waals surface area contributed by atoms with Crippen LogP contribution >= 0.6 is 23.2 Å². The molecule has 24 heavy (non-hydrogen) atoms. The topological polar surface area (TPSA) is 66.9 Å². The normalized spacial score (nSPS) is 12.5. The molecule has 0 aliphatic rings. The number of nitriles is 1. The van der Waals surface area contributed by atoms with E-state index in [0.717, 1.165) is 12.1 Å². The standard InChI is InChI=1S/C15H7Cl2F3N2O2/c16-13-4-1-8(5-14(13)17)11(7-21)10-3-2-9(22(23)24)6-12(10)15(18,19)20/h1-6,11H. The molecule has 0 N–H and O–H groups in total. The zero-order valence-electron chi connectivity index (χ0n) is 11.6. The highest BCUT2D eigenvalue weighted by Crippen LogP contribution is 2.40. The molecule has 0 spiro atoms. The van der Waals surface area contributed by atoms with Gasteiger partial charge in [0, 0.05) is 12.1 Å². The van der Waals surface area contributed by atoms with Crippen LogP contribution < -0.4 is 0 Å². The van der Waals surface area contributed by atoms with E-state index in [4.69, 9.17) is 23.2 Å². The highest BCUT2D eigenvalue weighted by Gasteiger charge is 2.37. The lowest BCUT2D eigenvalue weighted by molar-refractivity contribution is -0.385. The Balaban J connectivity index is 2.66. The molecule has 1 atom stereocenters. The van der Waals surface area contributed by atoms with Crippen LogP contribution in [-0.4, -0.2) is 4.92 Å². The maximum atomic E-state index is 13.3. The zero-order valence-corrected chi connectivity index (χ0v) is 13.2. The number of nitro groups is 1. The number of hydrogen-bond acceptors (Lipinski definition) is 3. The van der Waals surface area contributed by atoms with Gasteiger partial charge < -0.3 is 0 Å². The minimum Gasteiger partial charge on any atom is -0.258 e. The highest BCUT2D eigenvalue weighted by atomic mass is 35.5. The monoisotopic (exact) mass is 374 g/mol. The molecule has 4 nitrogen and oxygen atoms in total. The Hall–Kier alpha value is -2.30. The van der Waals surface area contributed by atoms with E-state index in [2.05, 4.69) is 0 Å². The van der Waals surface area contributed by atoms with Crippen LogP contribution in [0.25, 0.3) is 0 Å². The minimum absolute atomic E-state index is 0.0879. The van der Waals surface area contributed by atoms with Crippen LogP contribution in [0.5, 0.6) is 0 Å². The van der Waals surface area contributed by atoms with Gasteiger partial charge in [0.15, 0.2) is 0 Å². The first-order valence-corrected chi connectivity index (χ1v) is 7.11. The minimum atomic E-state index is -4.85. The van der Waals surface area contributed by atoms with Crippen molar-refractivity contribution in [2.75, 3.05) is 0 Å². The van der Waals surface area contributed by atoms with Gasteiger partial charge in [-0.3, -0.25) is 10.1 Å². The lowest BCUT2D eigenvalue weighted by atomic mass is 9.88. The molecule has 0 aliphatic carbocycles. The van der Waals surface area contributed by atoms with Crippen LogP contribution in [-0.2, 0) is 6.18 Å². The highest BCUT2D eigenvalue weighted by molar-refractivity contribution is 6.42. The summed E-state index contributed by atoms with van der Waals surface area (Å²) in [5.41, 5.74) is -2.15. The van der Waals surface area contributed by atoms with Crippen molar-refractivity contribution >= 4 is 28.9 Å². The summed E-state index contributed by atoms with van der Waals surface area (Å²) in [6, 6.07) is 8.07. The summed E-state index contributed by atoms with van der Waals surface area (Å²) in [6.45, 7) is 0. The predicted octanol–water partition coefficient (Wildman–Crippen LogP) is 5.58. The SMILES string of the molecule is N#CC(c1ccc(Cl)c(Cl)c1)c1ccc([N+](=O)[O-])cc1C(F)(F)F. The van der Waals surface area contributed by atoms with Crippen molar-refractivity contribution < 1.29 is 18.1 Å². The van der Waals surface area contributed by atoms with E-state index in [9.17, 15) is 28.5 Å². The number of rotatable bonds is 3. The Bertz CT molecular complexity index is 848. The number of halogens is 5. The molecule has 9 heteroatoms. The average Bonchev–Trinajstić information content (AvgIpc) is 2.50. The third kappa shape index (κ3) is 3.61. The van der Waals surface area contributed by atoms with Crippen LogP contribution in [0.4, 0.5) is 18.9 Å². The molecule has 2 rings (SSSR count). The molecular weight excluding hydrogens is 368 g/mol. The molecule has 0 saturated heterocycles. The Morgan fingerprint density at radius 2 is 1.79 bits per heavy atom. The molecule has 0 fully saturated rings. The van der Waals surface area contributed by atoms with E-state index in [1.165, 1.54) is 18.2 Å². The maximum Gasteiger partial charge on any atom is 0.416 e. The van der Waals surface area contributed by atoms with Crippen LogP contribution in [0.15, 0.2) is 36.4 Å². The number of non-ortho nitro benzene ring substituents is 1. The van der Waals surface area contributed by atoms with Crippen LogP contribution in [0.1, 0.15) is 22.6 Å². The van der Waals surface area contributed by atoms with Gasteiger partial charge in [0.25, 0.3) is 5.69 Å². The predicted molar refractivity (Wildman–Crippen MR) is 82.0 cm³/mol. The maximum absolute atomic E-state index is 13.3. The van der Waals surface area contributed by atoms with Crippen molar-refractivity contribution in [3.8, 4) is 6.07 Å². The van der Waals surface area contributed by atoms with Crippen molar-refractivity contribution in [2.24, 2.45) is 0 Å². The molecule has 0 aliphatic heterocycles. The summed E-state index contributed by atoms with van der Waals surface area (Å²) in [4.78, 5) is 9.79. The third-order valence-corrected chi connectivity index (χ3v) is 4.01. The molecule has 0 heterocycles. The van der Waals surface area contributed by atoms with E-state index in [0.29, 0.717) is 6.07 Å². The number of nitro benzene ring substituents is 1. The smallest absolute Gasteiger partial charge is 0.258 e. The molecule has 124 valence electrons. The Morgan fingerprint density at radius 1 is 1.12 bits per heavy atom. The largest absolute Gasteiger partial charge is 0.416 e. The van der Waals surface area contributed by atoms with Gasteiger partial charge in [-0.25, -0.2) is 0 Å². The van der Waals surface area contributed by atoms with Gasteiger partial charge in [-0.1, -0.05) is 29.3 Å². The quantitative estimate of drug-likeness (QED) is 0.520. The molecule has 1 unspecified atom stereocenters. The van der Waals surface area contributed by atoms with Crippen molar-refractivity contribution in [1.82, 2.24) is 0 Å². The first-order valence-electron chi connectivity index (χ1n) is 6.35. The van der Waals surface area contributed by atoms with Gasteiger partial charge in [-0.05, 0) is 29.3 Å². The van der Waals surface area contributed by atoms with Crippen LogP contribution in [0, 0.1) is 21.4 Å². The molecule has 2 aromatic rings. The lowest BCUT2D eigenvalue weighted by Crippen LogP contribution is -2.13. The molecule has 0 saturated carbocycles. The fourth-order valence-corrected chi connectivity index (χ4v) is 2.48. The zero-order chi connectivity index (χ0) is 18.1. The van der Waals surface area contributed by atoms with E-state index < -0.39 is 33.8 Å². The van der Waals surface area contributed by atoms with Gasteiger partial charge >= 0.3 is 6.18 Å². The Kier molecular flexibility index (Phi) is 5.02. The van der Waals surface area contributed by atoms with Crippen molar-refractivity contribution in [2.45, 2.75) is 12.1 Å². The molecule has 2 aromatic carbocycles. The lowest BCUT2D eigenvalue weighted by Gasteiger charge is -2.17.